The number of phenolic OH excluding ortho intramolecular Hbond substituents is 1. The lowest BCUT2D eigenvalue weighted by Gasteiger charge is -2.37. The Morgan fingerprint density at radius 1 is 1.09 bits per heavy atom. The number of phenols is 1. The molecule has 1 aliphatic heterocycles. The first-order valence-corrected chi connectivity index (χ1v) is 8.53. The molecule has 3 aliphatic rings. The molecule has 23 heavy (non-hydrogen) atoms. The molecule has 2 atom stereocenters. The van der Waals surface area contributed by atoms with Crippen molar-refractivity contribution in [2.45, 2.75) is 44.3 Å². The zero-order valence-electron chi connectivity index (χ0n) is 13.0. The second kappa shape index (κ2) is 5.00. The lowest BCUT2D eigenvalue weighted by Crippen LogP contribution is -2.24. The van der Waals surface area contributed by atoms with Gasteiger partial charge in [-0.25, -0.2) is 0 Å². The van der Waals surface area contributed by atoms with Gasteiger partial charge in [0.2, 0.25) is 0 Å². The van der Waals surface area contributed by atoms with Crippen LogP contribution in [-0.2, 0) is 24.2 Å². The minimum Gasteiger partial charge on any atom is -0.504 e. The third kappa shape index (κ3) is 1.86. The molecule has 2 aliphatic carbocycles. The van der Waals surface area contributed by atoms with E-state index in [9.17, 15) is 5.11 Å². The lowest BCUT2D eigenvalue weighted by molar-refractivity contribution is 0.0832. The van der Waals surface area contributed by atoms with E-state index in [2.05, 4.69) is 0 Å². The van der Waals surface area contributed by atoms with Crippen LogP contribution in [0.25, 0.3) is 0 Å². The van der Waals surface area contributed by atoms with Crippen molar-refractivity contribution in [2.75, 3.05) is 6.61 Å². The van der Waals surface area contributed by atoms with Crippen molar-refractivity contribution in [1.29, 1.82) is 0 Å². The molecule has 118 valence electrons. The Morgan fingerprint density at radius 2 is 1.91 bits per heavy atom. The molecular weight excluding hydrogens is 288 g/mol. The van der Waals surface area contributed by atoms with Gasteiger partial charge in [0.1, 0.15) is 6.61 Å². The van der Waals surface area contributed by atoms with Gasteiger partial charge < -0.3 is 14.6 Å². The van der Waals surface area contributed by atoms with Gasteiger partial charge in [0.25, 0.3) is 0 Å². The fourth-order valence-electron chi connectivity index (χ4n) is 4.51. The molecular formula is C20H20O3. The fraction of sp³-hybridized carbons (Fsp3) is 0.400. The zero-order chi connectivity index (χ0) is 15.4. The Hall–Kier alpha value is -2.00. The fourth-order valence-corrected chi connectivity index (χ4v) is 4.51. The molecule has 0 aromatic heterocycles. The Morgan fingerprint density at radius 3 is 2.78 bits per heavy atom. The quantitative estimate of drug-likeness (QED) is 0.931. The molecule has 2 unspecified atom stereocenters. The van der Waals surface area contributed by atoms with Crippen LogP contribution in [0.1, 0.15) is 52.7 Å². The van der Waals surface area contributed by atoms with Gasteiger partial charge in [-0.1, -0.05) is 30.3 Å². The summed E-state index contributed by atoms with van der Waals surface area (Å²) in [5, 5.41) is 10.8. The highest BCUT2D eigenvalue weighted by Gasteiger charge is 2.48. The molecule has 2 aromatic rings. The van der Waals surface area contributed by atoms with E-state index in [0.717, 1.165) is 49.0 Å². The van der Waals surface area contributed by atoms with Crippen molar-refractivity contribution in [3.63, 3.8) is 0 Å². The van der Waals surface area contributed by atoms with Crippen LogP contribution in [0.4, 0.5) is 0 Å². The van der Waals surface area contributed by atoms with E-state index < -0.39 is 0 Å². The number of rotatable bonds is 3. The highest BCUT2D eigenvalue weighted by molar-refractivity contribution is 5.67. The molecule has 3 nitrogen and oxygen atoms in total. The summed E-state index contributed by atoms with van der Waals surface area (Å²) in [6.45, 7) is 1.30. The van der Waals surface area contributed by atoms with E-state index in [0.29, 0.717) is 24.0 Å². The van der Waals surface area contributed by atoms with Gasteiger partial charge in [0, 0.05) is 23.7 Å². The van der Waals surface area contributed by atoms with E-state index in [1.54, 1.807) is 0 Å². The predicted molar refractivity (Wildman–Crippen MR) is 87.0 cm³/mol. The minimum atomic E-state index is 0.132. The number of aromatic hydroxyl groups is 1. The largest absolute Gasteiger partial charge is 0.504 e. The second-order valence-electron chi connectivity index (χ2n) is 6.78. The van der Waals surface area contributed by atoms with Crippen LogP contribution in [-0.4, -0.2) is 11.7 Å². The van der Waals surface area contributed by atoms with Crippen LogP contribution in [0.5, 0.6) is 11.5 Å². The van der Waals surface area contributed by atoms with E-state index in [4.69, 9.17) is 9.47 Å². The highest BCUT2D eigenvalue weighted by Crippen LogP contribution is 2.62. The number of ether oxygens (including phenoxy) is 2. The molecule has 0 saturated carbocycles. The van der Waals surface area contributed by atoms with Crippen molar-refractivity contribution in [3.8, 4) is 11.5 Å². The monoisotopic (exact) mass is 308 g/mol. The molecule has 1 heterocycles. The summed E-state index contributed by atoms with van der Waals surface area (Å²) >= 11 is 0. The average molecular weight is 308 g/mol. The Balaban J connectivity index is 1.56. The summed E-state index contributed by atoms with van der Waals surface area (Å²) in [5.74, 6) is 1.56. The Labute approximate surface area is 135 Å². The minimum absolute atomic E-state index is 0.132. The summed E-state index contributed by atoms with van der Waals surface area (Å²) in [5.41, 5.74) is 6.18. The van der Waals surface area contributed by atoms with Crippen LogP contribution in [0, 0.1) is 0 Å². The van der Waals surface area contributed by atoms with Crippen LogP contribution < -0.4 is 4.74 Å². The van der Waals surface area contributed by atoms with Gasteiger partial charge in [-0.05, 0) is 42.4 Å². The highest BCUT2D eigenvalue weighted by atomic mass is 16.5. The standard InChI is InChI=1S/C20H20O3/c21-18-14-8-4-7-13(14)16-15-9-10-22-19(15)17(16)20(18)23-11-12-5-2-1-3-6-12/h1-3,5-6,15,19,21H,4,7-11H2. The molecule has 0 radical (unpaired) electrons. The van der Waals surface area contributed by atoms with E-state index in [1.165, 1.54) is 11.1 Å². The van der Waals surface area contributed by atoms with Crippen molar-refractivity contribution in [2.24, 2.45) is 0 Å². The lowest BCUT2D eigenvalue weighted by atomic mass is 9.70. The van der Waals surface area contributed by atoms with Crippen molar-refractivity contribution >= 4 is 0 Å². The normalized spacial score (nSPS) is 23.8. The van der Waals surface area contributed by atoms with Crippen molar-refractivity contribution in [1.82, 2.24) is 0 Å². The summed E-state index contributed by atoms with van der Waals surface area (Å²) < 4.78 is 12.0. The summed E-state index contributed by atoms with van der Waals surface area (Å²) in [4.78, 5) is 0. The van der Waals surface area contributed by atoms with Crippen LogP contribution in [0.2, 0.25) is 0 Å². The maximum Gasteiger partial charge on any atom is 0.167 e. The Kier molecular flexibility index (Phi) is 2.92. The molecule has 1 N–H and O–H groups in total. The van der Waals surface area contributed by atoms with Gasteiger partial charge in [-0.3, -0.25) is 0 Å². The first-order valence-electron chi connectivity index (χ1n) is 8.53. The van der Waals surface area contributed by atoms with Gasteiger partial charge in [0.05, 0.1) is 6.10 Å². The van der Waals surface area contributed by atoms with Gasteiger partial charge in [0.15, 0.2) is 11.5 Å². The maximum atomic E-state index is 10.8. The molecule has 5 rings (SSSR count). The summed E-state index contributed by atoms with van der Waals surface area (Å²) in [6.07, 6.45) is 4.43. The average Bonchev–Trinajstić information content (AvgIpc) is 3.20. The van der Waals surface area contributed by atoms with Crippen molar-refractivity contribution in [3.05, 3.63) is 58.1 Å². The predicted octanol–water partition coefficient (Wildman–Crippen LogP) is 4.02. The first-order chi connectivity index (χ1) is 11.3. The molecule has 0 amide bonds. The number of benzene rings is 2. The van der Waals surface area contributed by atoms with Crippen LogP contribution in [0.15, 0.2) is 30.3 Å². The second-order valence-corrected chi connectivity index (χ2v) is 6.78. The summed E-state index contributed by atoms with van der Waals surface area (Å²) in [7, 11) is 0. The smallest absolute Gasteiger partial charge is 0.167 e. The van der Waals surface area contributed by atoms with Gasteiger partial charge >= 0.3 is 0 Å². The molecule has 1 fully saturated rings. The SMILES string of the molecule is Oc1c2c(c3c(c1OCc1ccccc1)C1OCCC31)CCC2. The number of hydrogen-bond acceptors (Lipinski definition) is 3. The summed E-state index contributed by atoms with van der Waals surface area (Å²) in [6, 6.07) is 10.1. The molecule has 0 bridgehead atoms. The van der Waals surface area contributed by atoms with Crippen LogP contribution in [0.3, 0.4) is 0 Å². The topological polar surface area (TPSA) is 38.7 Å². The molecule has 0 spiro atoms. The zero-order valence-corrected chi connectivity index (χ0v) is 13.0. The van der Waals surface area contributed by atoms with Crippen molar-refractivity contribution < 1.29 is 14.6 Å². The number of hydrogen-bond donors (Lipinski definition) is 1. The third-order valence-corrected chi connectivity index (χ3v) is 5.55. The Bertz CT molecular complexity index is 766. The molecule has 2 aromatic carbocycles. The van der Waals surface area contributed by atoms with E-state index >= 15 is 0 Å². The van der Waals surface area contributed by atoms with E-state index in [-0.39, 0.29) is 6.10 Å². The molecule has 1 saturated heterocycles. The third-order valence-electron chi connectivity index (χ3n) is 5.55. The van der Waals surface area contributed by atoms with Crippen LogP contribution >= 0.6 is 0 Å². The van der Waals surface area contributed by atoms with Gasteiger partial charge in [-0.15, -0.1) is 0 Å². The maximum absolute atomic E-state index is 10.8. The van der Waals surface area contributed by atoms with E-state index in [1.807, 2.05) is 30.3 Å². The van der Waals surface area contributed by atoms with Gasteiger partial charge in [-0.2, -0.15) is 0 Å². The number of fused-ring (bicyclic) bond motifs is 6. The first kappa shape index (κ1) is 13.4. The molecule has 3 heteroatoms.